The average Bonchev–Trinajstić information content (AvgIpc) is 3.26. The van der Waals surface area contributed by atoms with Crippen LogP contribution in [0.4, 0.5) is 14.6 Å². The Labute approximate surface area is 214 Å². The molecule has 188 valence electrons. The van der Waals surface area contributed by atoms with Crippen molar-refractivity contribution in [1.82, 2.24) is 15.0 Å². The van der Waals surface area contributed by atoms with Crippen LogP contribution >= 0.6 is 0 Å². The molecule has 2 aromatic carbocycles. The number of anilines is 1. The van der Waals surface area contributed by atoms with E-state index in [1.54, 1.807) is 6.20 Å². The second kappa shape index (κ2) is 10.1. The standard InChI is InChI=1S/C30H28F2N4O/c1-5-24-25-12-21(13-26(32)30(25)37-28(24)6-2)27-14-29(36-18(4)35-27)34-17(3)19-8-7-9-20(10-19)22-11-23(31)16-33-15-22/h7-17H,5-6H2,1-4H3,(H,34,35,36)/t17-/m0/s1. The molecule has 0 bridgehead atoms. The lowest BCUT2D eigenvalue weighted by Gasteiger charge is -2.17. The van der Waals surface area contributed by atoms with Crippen LogP contribution in [0.2, 0.25) is 0 Å². The molecule has 0 saturated heterocycles. The molecule has 5 aromatic rings. The number of furan rings is 1. The van der Waals surface area contributed by atoms with Gasteiger partial charge in [-0.05, 0) is 55.7 Å². The zero-order chi connectivity index (χ0) is 26.1. The molecule has 0 radical (unpaired) electrons. The Hall–Kier alpha value is -4.13. The van der Waals surface area contributed by atoms with Gasteiger partial charge in [-0.1, -0.05) is 32.0 Å². The van der Waals surface area contributed by atoms with E-state index in [2.05, 4.69) is 20.3 Å². The molecule has 1 atom stereocenters. The number of rotatable bonds is 7. The maximum atomic E-state index is 15.1. The third-order valence-electron chi connectivity index (χ3n) is 6.53. The maximum absolute atomic E-state index is 15.1. The largest absolute Gasteiger partial charge is 0.458 e. The lowest BCUT2D eigenvalue weighted by Crippen LogP contribution is -2.09. The van der Waals surface area contributed by atoms with Gasteiger partial charge in [0.15, 0.2) is 11.4 Å². The van der Waals surface area contributed by atoms with Crippen molar-refractivity contribution in [1.29, 1.82) is 0 Å². The van der Waals surface area contributed by atoms with Crippen LogP contribution in [0.25, 0.3) is 33.4 Å². The summed E-state index contributed by atoms with van der Waals surface area (Å²) in [5, 5.41) is 4.22. The van der Waals surface area contributed by atoms with Crippen molar-refractivity contribution in [2.24, 2.45) is 0 Å². The molecule has 7 heteroatoms. The van der Waals surface area contributed by atoms with E-state index in [0.29, 0.717) is 40.5 Å². The highest BCUT2D eigenvalue weighted by molar-refractivity contribution is 5.87. The minimum Gasteiger partial charge on any atom is -0.458 e. The third kappa shape index (κ3) is 4.94. The number of nitrogens with one attached hydrogen (secondary N) is 1. The Kier molecular flexibility index (Phi) is 6.70. The van der Waals surface area contributed by atoms with E-state index >= 15 is 4.39 Å². The fraction of sp³-hybridized carbons (Fsp3) is 0.233. The second-order valence-corrected chi connectivity index (χ2v) is 9.11. The van der Waals surface area contributed by atoms with Gasteiger partial charge in [-0.15, -0.1) is 0 Å². The van der Waals surface area contributed by atoms with Crippen molar-refractivity contribution < 1.29 is 13.2 Å². The molecule has 0 fully saturated rings. The van der Waals surface area contributed by atoms with Crippen LogP contribution in [-0.2, 0) is 12.8 Å². The highest BCUT2D eigenvalue weighted by atomic mass is 19.1. The minimum absolute atomic E-state index is 0.101. The Morgan fingerprint density at radius 2 is 1.76 bits per heavy atom. The summed E-state index contributed by atoms with van der Waals surface area (Å²) in [6.45, 7) is 7.90. The quantitative estimate of drug-likeness (QED) is 0.248. The summed E-state index contributed by atoms with van der Waals surface area (Å²) in [5.74, 6) is 1.25. The number of hydrogen-bond acceptors (Lipinski definition) is 5. The van der Waals surface area contributed by atoms with Gasteiger partial charge in [-0.25, -0.2) is 18.7 Å². The van der Waals surface area contributed by atoms with Crippen molar-refractivity contribution >= 4 is 16.8 Å². The molecule has 0 spiro atoms. The molecule has 5 rings (SSSR count). The summed E-state index contributed by atoms with van der Waals surface area (Å²) in [6.07, 6.45) is 4.30. The van der Waals surface area contributed by atoms with Gasteiger partial charge in [0, 0.05) is 46.8 Å². The van der Waals surface area contributed by atoms with Gasteiger partial charge in [-0.3, -0.25) is 4.98 Å². The zero-order valence-corrected chi connectivity index (χ0v) is 21.3. The summed E-state index contributed by atoms with van der Waals surface area (Å²) in [4.78, 5) is 13.1. The van der Waals surface area contributed by atoms with Crippen molar-refractivity contribution in [2.75, 3.05) is 5.32 Å². The van der Waals surface area contributed by atoms with Crippen molar-refractivity contribution in [2.45, 2.75) is 46.6 Å². The molecule has 3 aromatic heterocycles. The fourth-order valence-electron chi connectivity index (χ4n) is 4.73. The smallest absolute Gasteiger partial charge is 0.170 e. The molecule has 5 nitrogen and oxygen atoms in total. The normalized spacial score (nSPS) is 12.2. The molecule has 1 N–H and O–H groups in total. The highest BCUT2D eigenvalue weighted by Gasteiger charge is 2.18. The highest BCUT2D eigenvalue weighted by Crippen LogP contribution is 2.34. The molecular formula is C30H28F2N4O. The first-order chi connectivity index (χ1) is 17.9. The van der Waals surface area contributed by atoms with E-state index in [4.69, 9.17) is 4.42 Å². The molecule has 0 aliphatic carbocycles. The van der Waals surface area contributed by atoms with Crippen LogP contribution in [0.15, 0.2) is 65.3 Å². The fourth-order valence-corrected chi connectivity index (χ4v) is 4.73. The first-order valence-corrected chi connectivity index (χ1v) is 12.4. The summed E-state index contributed by atoms with van der Waals surface area (Å²) in [7, 11) is 0. The van der Waals surface area contributed by atoms with E-state index in [9.17, 15) is 4.39 Å². The van der Waals surface area contributed by atoms with Crippen LogP contribution in [-0.4, -0.2) is 15.0 Å². The van der Waals surface area contributed by atoms with Crippen LogP contribution in [0.1, 0.15) is 49.5 Å². The SMILES string of the molecule is CCc1oc2c(F)cc(-c3cc(N[C@@H](C)c4cccc(-c5cncc(F)c5)c4)nc(C)n3)cc2c1CC. The second-order valence-electron chi connectivity index (χ2n) is 9.11. The van der Waals surface area contributed by atoms with E-state index in [0.717, 1.165) is 34.3 Å². The van der Waals surface area contributed by atoms with E-state index < -0.39 is 5.82 Å². The maximum Gasteiger partial charge on any atom is 0.170 e. The Bertz CT molecular complexity index is 1590. The minimum atomic E-state index is -0.398. The molecule has 37 heavy (non-hydrogen) atoms. The number of benzene rings is 2. The number of aromatic nitrogens is 3. The summed E-state index contributed by atoms with van der Waals surface area (Å²) < 4.78 is 34.5. The van der Waals surface area contributed by atoms with Gasteiger partial charge >= 0.3 is 0 Å². The molecule has 0 amide bonds. The van der Waals surface area contributed by atoms with Gasteiger partial charge in [-0.2, -0.15) is 0 Å². The third-order valence-corrected chi connectivity index (χ3v) is 6.53. The Morgan fingerprint density at radius 3 is 2.51 bits per heavy atom. The molecular weight excluding hydrogens is 470 g/mol. The van der Waals surface area contributed by atoms with Crippen LogP contribution in [0.3, 0.4) is 0 Å². The number of hydrogen-bond donors (Lipinski definition) is 1. The van der Waals surface area contributed by atoms with Crippen molar-refractivity contribution in [3.05, 3.63) is 95.3 Å². The monoisotopic (exact) mass is 498 g/mol. The van der Waals surface area contributed by atoms with Gasteiger partial charge < -0.3 is 9.73 Å². The topological polar surface area (TPSA) is 63.8 Å². The van der Waals surface area contributed by atoms with Crippen LogP contribution in [0, 0.1) is 18.6 Å². The number of nitrogens with zero attached hydrogens (tertiary/aromatic N) is 3. The summed E-state index contributed by atoms with van der Waals surface area (Å²) in [5.41, 5.74) is 5.22. The predicted molar refractivity (Wildman–Crippen MR) is 142 cm³/mol. The number of pyridine rings is 1. The number of aryl methyl sites for hydroxylation is 3. The molecule has 3 heterocycles. The van der Waals surface area contributed by atoms with Crippen LogP contribution in [0.5, 0.6) is 0 Å². The van der Waals surface area contributed by atoms with Crippen LogP contribution < -0.4 is 5.32 Å². The number of halogens is 2. The molecule has 0 aliphatic heterocycles. The van der Waals surface area contributed by atoms with Gasteiger partial charge in [0.05, 0.1) is 11.9 Å². The summed E-state index contributed by atoms with van der Waals surface area (Å²) >= 11 is 0. The molecule has 0 unspecified atom stereocenters. The first-order valence-electron chi connectivity index (χ1n) is 12.4. The Balaban J connectivity index is 1.47. The van der Waals surface area contributed by atoms with E-state index in [1.165, 1.54) is 18.3 Å². The van der Waals surface area contributed by atoms with E-state index in [1.807, 2.05) is 64.1 Å². The Morgan fingerprint density at radius 1 is 0.919 bits per heavy atom. The van der Waals surface area contributed by atoms with Gasteiger partial charge in [0.25, 0.3) is 0 Å². The van der Waals surface area contributed by atoms with Gasteiger partial charge in [0.1, 0.15) is 23.2 Å². The lowest BCUT2D eigenvalue weighted by atomic mass is 10.0. The first kappa shape index (κ1) is 24.6. The molecule has 0 aliphatic rings. The average molecular weight is 499 g/mol. The van der Waals surface area contributed by atoms with E-state index in [-0.39, 0.29) is 11.9 Å². The number of fused-ring (bicyclic) bond motifs is 1. The predicted octanol–water partition coefficient (Wildman–Crippen LogP) is 7.84. The van der Waals surface area contributed by atoms with Crippen molar-refractivity contribution in [3.63, 3.8) is 0 Å². The summed E-state index contributed by atoms with van der Waals surface area (Å²) in [6, 6.07) is 14.5. The lowest BCUT2D eigenvalue weighted by molar-refractivity contribution is 0.521. The zero-order valence-electron chi connectivity index (χ0n) is 21.3. The van der Waals surface area contributed by atoms with Crippen molar-refractivity contribution in [3.8, 4) is 22.4 Å². The van der Waals surface area contributed by atoms with Gasteiger partial charge in [0.2, 0.25) is 0 Å². The molecule has 0 saturated carbocycles.